The van der Waals surface area contributed by atoms with Crippen LogP contribution < -0.4 is 9.62 Å². The van der Waals surface area contributed by atoms with E-state index in [9.17, 15) is 17.6 Å². The minimum Gasteiger partial charge on any atom is -0.366 e. The number of nitrogens with one attached hydrogen (secondary N) is 1. The maximum Gasteiger partial charge on any atom is 0.241 e. The molecule has 8 heteroatoms. The molecule has 0 aromatic heterocycles. The monoisotopic (exact) mass is 461 g/mol. The largest absolute Gasteiger partial charge is 0.366 e. The molecule has 32 heavy (non-hydrogen) atoms. The molecular weight excluding hydrogens is 429 g/mol. The highest BCUT2D eigenvalue weighted by molar-refractivity contribution is 7.89. The van der Waals surface area contributed by atoms with Crippen molar-refractivity contribution in [1.82, 2.24) is 9.62 Å². The highest BCUT2D eigenvalue weighted by Gasteiger charge is 2.25. The number of para-hydroxylation sites is 1. The van der Waals surface area contributed by atoms with Gasteiger partial charge in [0, 0.05) is 39.1 Å². The third-order valence-electron chi connectivity index (χ3n) is 6.66. The lowest BCUT2D eigenvalue weighted by Gasteiger charge is -2.36. The van der Waals surface area contributed by atoms with Crippen LogP contribution in [0.2, 0.25) is 0 Å². The van der Waals surface area contributed by atoms with E-state index in [1.54, 1.807) is 23.1 Å². The molecule has 0 aliphatic carbocycles. The van der Waals surface area contributed by atoms with E-state index in [0.717, 1.165) is 27.8 Å². The number of nitrogens with zero attached hydrogens (tertiary/aromatic N) is 2. The molecule has 1 aliphatic heterocycles. The molecule has 1 aliphatic rings. The van der Waals surface area contributed by atoms with E-state index >= 15 is 0 Å². The van der Waals surface area contributed by atoms with Gasteiger partial charge in [-0.1, -0.05) is 12.1 Å². The van der Waals surface area contributed by atoms with Crippen molar-refractivity contribution in [3.05, 3.63) is 57.9 Å². The van der Waals surface area contributed by atoms with Gasteiger partial charge in [-0.3, -0.25) is 4.79 Å². The summed E-state index contributed by atoms with van der Waals surface area (Å²) in [6.07, 6.45) is 0.0842. The Morgan fingerprint density at radius 1 is 0.906 bits per heavy atom. The molecule has 0 unspecified atom stereocenters. The summed E-state index contributed by atoms with van der Waals surface area (Å²) in [7, 11) is -3.73. The average Bonchev–Trinajstić information content (AvgIpc) is 2.76. The van der Waals surface area contributed by atoms with Crippen LogP contribution in [0.3, 0.4) is 0 Å². The first-order valence-electron chi connectivity index (χ1n) is 10.9. The van der Waals surface area contributed by atoms with E-state index in [1.165, 1.54) is 6.07 Å². The highest BCUT2D eigenvalue weighted by Crippen LogP contribution is 2.29. The van der Waals surface area contributed by atoms with Crippen molar-refractivity contribution in [1.29, 1.82) is 0 Å². The second kappa shape index (κ2) is 9.58. The molecule has 0 saturated carbocycles. The van der Waals surface area contributed by atoms with Gasteiger partial charge in [0.25, 0.3) is 0 Å². The summed E-state index contributed by atoms with van der Waals surface area (Å²) in [5, 5.41) is 0. The van der Waals surface area contributed by atoms with Crippen LogP contribution in [-0.4, -0.2) is 51.9 Å². The number of hydrogen-bond acceptors (Lipinski definition) is 4. The van der Waals surface area contributed by atoms with Gasteiger partial charge in [-0.15, -0.1) is 0 Å². The summed E-state index contributed by atoms with van der Waals surface area (Å²) in [6.45, 7) is 11.6. The smallest absolute Gasteiger partial charge is 0.241 e. The normalized spacial score (nSPS) is 14.7. The van der Waals surface area contributed by atoms with Crippen LogP contribution in [0.4, 0.5) is 10.1 Å². The van der Waals surface area contributed by atoms with Gasteiger partial charge in [0.1, 0.15) is 5.82 Å². The van der Waals surface area contributed by atoms with E-state index < -0.39 is 10.0 Å². The number of benzene rings is 2. The van der Waals surface area contributed by atoms with Crippen molar-refractivity contribution in [2.45, 2.75) is 45.9 Å². The molecule has 1 saturated heterocycles. The lowest BCUT2D eigenvalue weighted by atomic mass is 9.95. The van der Waals surface area contributed by atoms with E-state index in [-0.39, 0.29) is 24.7 Å². The lowest BCUT2D eigenvalue weighted by molar-refractivity contribution is -0.131. The zero-order chi connectivity index (χ0) is 23.6. The van der Waals surface area contributed by atoms with Crippen molar-refractivity contribution >= 4 is 21.6 Å². The van der Waals surface area contributed by atoms with Gasteiger partial charge in [-0.25, -0.2) is 17.5 Å². The van der Waals surface area contributed by atoms with Crippen LogP contribution >= 0.6 is 0 Å². The first-order chi connectivity index (χ1) is 15.0. The van der Waals surface area contributed by atoms with Gasteiger partial charge in [0.2, 0.25) is 15.9 Å². The minimum absolute atomic E-state index is 0.0412. The molecule has 0 atom stereocenters. The SMILES string of the molecule is Cc1c(C)c(C)c(S(=O)(=O)NCCC(=O)N2CCN(c3ccccc3F)CC2)c(C)c1C. The number of hydrogen-bond donors (Lipinski definition) is 1. The van der Waals surface area contributed by atoms with E-state index in [1.807, 2.05) is 39.5 Å². The minimum atomic E-state index is -3.73. The van der Waals surface area contributed by atoms with Crippen molar-refractivity contribution in [3.8, 4) is 0 Å². The fraction of sp³-hybridized carbons (Fsp3) is 0.458. The average molecular weight is 462 g/mol. The van der Waals surface area contributed by atoms with Crippen molar-refractivity contribution in [2.75, 3.05) is 37.6 Å². The molecular formula is C24H32FN3O3S. The van der Waals surface area contributed by atoms with Crippen molar-refractivity contribution < 1.29 is 17.6 Å². The molecule has 1 amide bonds. The number of rotatable bonds is 6. The van der Waals surface area contributed by atoms with Crippen LogP contribution in [-0.2, 0) is 14.8 Å². The predicted octanol–water partition coefficient (Wildman–Crippen LogP) is 3.39. The number of sulfonamides is 1. The highest BCUT2D eigenvalue weighted by atomic mass is 32.2. The van der Waals surface area contributed by atoms with Crippen LogP contribution in [0.15, 0.2) is 29.2 Å². The molecule has 2 aromatic rings. The Morgan fingerprint density at radius 2 is 1.44 bits per heavy atom. The maximum atomic E-state index is 14.0. The fourth-order valence-corrected chi connectivity index (χ4v) is 5.92. The van der Waals surface area contributed by atoms with Crippen LogP contribution in [0.1, 0.15) is 34.2 Å². The van der Waals surface area contributed by atoms with Crippen LogP contribution in [0.5, 0.6) is 0 Å². The molecule has 1 fully saturated rings. The third-order valence-corrected chi connectivity index (χ3v) is 8.39. The summed E-state index contributed by atoms with van der Waals surface area (Å²) in [5.74, 6) is -0.376. The van der Waals surface area contributed by atoms with Crippen LogP contribution in [0.25, 0.3) is 0 Å². The second-order valence-corrected chi connectivity index (χ2v) is 10.1. The first-order valence-corrected chi connectivity index (χ1v) is 12.4. The Balaban J connectivity index is 1.58. The zero-order valence-corrected chi connectivity index (χ0v) is 20.3. The Kier molecular flexibility index (Phi) is 7.25. The Hall–Kier alpha value is -2.45. The maximum absolute atomic E-state index is 14.0. The van der Waals surface area contributed by atoms with Gasteiger partial charge >= 0.3 is 0 Å². The Labute approximate surface area is 190 Å². The number of anilines is 1. The summed E-state index contributed by atoms with van der Waals surface area (Å²) in [6, 6.07) is 6.61. The number of piperazine rings is 1. The molecule has 2 aromatic carbocycles. The Bertz CT molecular complexity index is 1090. The van der Waals surface area contributed by atoms with E-state index in [4.69, 9.17) is 0 Å². The van der Waals surface area contributed by atoms with E-state index in [2.05, 4.69) is 4.72 Å². The molecule has 0 radical (unpaired) electrons. The number of carbonyl (C=O) groups excluding carboxylic acids is 1. The van der Waals surface area contributed by atoms with Gasteiger partial charge in [-0.2, -0.15) is 0 Å². The molecule has 174 valence electrons. The summed E-state index contributed by atoms with van der Waals surface area (Å²) in [4.78, 5) is 16.6. The molecule has 0 spiro atoms. The third kappa shape index (κ3) is 4.81. The van der Waals surface area contributed by atoms with Crippen molar-refractivity contribution in [2.24, 2.45) is 0 Å². The first kappa shape index (κ1) is 24.2. The standard InChI is InChI=1S/C24H32FN3O3S/c1-16-17(2)19(4)24(20(5)18(16)3)32(30,31)26-11-10-23(29)28-14-12-27(13-15-28)22-9-7-6-8-21(22)25/h6-9,26H,10-15H2,1-5H3. The number of carbonyl (C=O) groups is 1. The molecule has 1 N–H and O–H groups in total. The summed E-state index contributed by atoms with van der Waals surface area (Å²) >= 11 is 0. The Morgan fingerprint density at radius 3 is 2.00 bits per heavy atom. The topological polar surface area (TPSA) is 69.7 Å². The van der Waals surface area contributed by atoms with Crippen LogP contribution in [0, 0.1) is 40.4 Å². The molecule has 3 rings (SSSR count). The van der Waals surface area contributed by atoms with E-state index in [0.29, 0.717) is 36.8 Å². The summed E-state index contributed by atoms with van der Waals surface area (Å²) in [5.41, 5.74) is 5.07. The summed E-state index contributed by atoms with van der Waals surface area (Å²) < 4.78 is 42.6. The number of amides is 1. The lowest BCUT2D eigenvalue weighted by Crippen LogP contribution is -2.49. The van der Waals surface area contributed by atoms with Gasteiger partial charge in [0.15, 0.2) is 0 Å². The van der Waals surface area contributed by atoms with Gasteiger partial charge in [0.05, 0.1) is 10.6 Å². The fourth-order valence-electron chi connectivity index (χ4n) is 4.30. The molecule has 1 heterocycles. The van der Waals surface area contributed by atoms with Gasteiger partial charge < -0.3 is 9.80 Å². The number of halogens is 1. The van der Waals surface area contributed by atoms with Gasteiger partial charge in [-0.05, 0) is 74.6 Å². The molecule has 0 bridgehead atoms. The predicted molar refractivity (Wildman–Crippen MR) is 125 cm³/mol. The van der Waals surface area contributed by atoms with Crippen molar-refractivity contribution in [3.63, 3.8) is 0 Å². The second-order valence-electron chi connectivity index (χ2n) is 8.42. The molecule has 6 nitrogen and oxygen atoms in total. The quantitative estimate of drug-likeness (QED) is 0.716. The zero-order valence-electron chi connectivity index (χ0n) is 19.5.